The van der Waals surface area contributed by atoms with E-state index in [4.69, 9.17) is 4.74 Å². The standard InChI is InChI=1S/C26H33N3O4S/c1-33-25-13-12-23(21-24(25)26(30)28-15-6-3-7-16-28)34(31,32)29-19-17-27(18-20-29)14-8-11-22-9-4-2-5-10-22/h2,4-5,8-13,21H,3,6-7,14-20H2,1H3/b11-8+. The predicted molar refractivity (Wildman–Crippen MR) is 133 cm³/mol. The molecule has 0 atom stereocenters. The number of carbonyl (C=O) groups excluding carboxylic acids is 1. The van der Waals surface area contributed by atoms with Gasteiger partial charge in [-0.3, -0.25) is 9.69 Å². The molecule has 8 heteroatoms. The number of piperidine rings is 1. The molecule has 182 valence electrons. The average molecular weight is 484 g/mol. The summed E-state index contributed by atoms with van der Waals surface area (Å²) in [6, 6.07) is 14.7. The second kappa shape index (κ2) is 11.2. The van der Waals surface area contributed by atoms with Crippen LogP contribution in [0.2, 0.25) is 0 Å². The number of rotatable bonds is 7. The lowest BCUT2D eigenvalue weighted by Gasteiger charge is -2.33. The molecule has 2 aliphatic heterocycles. The van der Waals surface area contributed by atoms with Crippen molar-refractivity contribution in [1.82, 2.24) is 14.1 Å². The third-order valence-electron chi connectivity index (χ3n) is 6.49. The number of methoxy groups -OCH3 is 1. The van der Waals surface area contributed by atoms with Crippen LogP contribution in [-0.2, 0) is 10.0 Å². The maximum Gasteiger partial charge on any atom is 0.257 e. The van der Waals surface area contributed by atoms with E-state index >= 15 is 0 Å². The van der Waals surface area contributed by atoms with Gasteiger partial charge in [0.1, 0.15) is 5.75 Å². The first-order valence-corrected chi connectivity index (χ1v) is 13.3. The first-order chi connectivity index (χ1) is 16.5. The Labute approximate surface area is 202 Å². The van der Waals surface area contributed by atoms with Gasteiger partial charge in [0.15, 0.2) is 0 Å². The Bertz CT molecular complexity index is 1100. The van der Waals surface area contributed by atoms with E-state index in [1.54, 1.807) is 11.0 Å². The molecule has 2 heterocycles. The summed E-state index contributed by atoms with van der Waals surface area (Å²) in [7, 11) is -2.20. The van der Waals surface area contributed by atoms with Crippen molar-refractivity contribution in [3.63, 3.8) is 0 Å². The smallest absolute Gasteiger partial charge is 0.257 e. The second-order valence-electron chi connectivity index (χ2n) is 8.73. The van der Waals surface area contributed by atoms with Crippen LogP contribution in [0.25, 0.3) is 6.08 Å². The molecule has 2 saturated heterocycles. The Balaban J connectivity index is 1.42. The molecule has 0 spiro atoms. The van der Waals surface area contributed by atoms with Gasteiger partial charge in [-0.05, 0) is 43.0 Å². The maximum atomic E-state index is 13.4. The summed E-state index contributed by atoms with van der Waals surface area (Å²) in [6.45, 7) is 4.33. The Kier molecular flexibility index (Phi) is 8.03. The summed E-state index contributed by atoms with van der Waals surface area (Å²) in [5.41, 5.74) is 1.47. The minimum absolute atomic E-state index is 0.145. The van der Waals surface area contributed by atoms with Crippen LogP contribution in [0.5, 0.6) is 5.75 Å². The first kappa shape index (κ1) is 24.4. The molecule has 0 aliphatic carbocycles. The zero-order valence-corrected chi connectivity index (χ0v) is 20.5. The molecule has 0 unspecified atom stereocenters. The highest BCUT2D eigenvalue weighted by Crippen LogP contribution is 2.27. The summed E-state index contributed by atoms with van der Waals surface area (Å²) in [6.07, 6.45) is 7.25. The van der Waals surface area contributed by atoms with E-state index in [1.807, 2.05) is 18.2 Å². The van der Waals surface area contributed by atoms with Gasteiger partial charge < -0.3 is 9.64 Å². The van der Waals surface area contributed by atoms with Gasteiger partial charge in [0.2, 0.25) is 10.0 Å². The van der Waals surface area contributed by atoms with Crippen LogP contribution in [0.15, 0.2) is 59.5 Å². The largest absolute Gasteiger partial charge is 0.496 e. The van der Waals surface area contributed by atoms with Crippen LogP contribution < -0.4 is 4.74 Å². The molecule has 7 nitrogen and oxygen atoms in total. The number of amides is 1. The molecule has 4 rings (SSSR count). The number of sulfonamides is 1. The van der Waals surface area contributed by atoms with Crippen LogP contribution in [0.4, 0.5) is 0 Å². The summed E-state index contributed by atoms with van der Waals surface area (Å²) in [5, 5.41) is 0. The minimum atomic E-state index is -3.70. The van der Waals surface area contributed by atoms with Crippen molar-refractivity contribution in [1.29, 1.82) is 0 Å². The lowest BCUT2D eigenvalue weighted by Crippen LogP contribution is -2.48. The van der Waals surface area contributed by atoms with E-state index in [9.17, 15) is 13.2 Å². The molecule has 2 aromatic carbocycles. The number of nitrogens with zero attached hydrogens (tertiary/aromatic N) is 3. The van der Waals surface area contributed by atoms with Crippen molar-refractivity contribution >= 4 is 22.0 Å². The predicted octanol–water partition coefficient (Wildman–Crippen LogP) is 3.34. The normalized spacial score (nSPS) is 18.3. The Morgan fingerprint density at radius 3 is 2.32 bits per heavy atom. The van der Waals surface area contributed by atoms with Gasteiger partial charge in [-0.25, -0.2) is 8.42 Å². The third-order valence-corrected chi connectivity index (χ3v) is 8.38. The minimum Gasteiger partial charge on any atom is -0.496 e. The van der Waals surface area contributed by atoms with E-state index in [2.05, 4.69) is 29.2 Å². The van der Waals surface area contributed by atoms with E-state index in [0.29, 0.717) is 50.6 Å². The molecule has 2 aromatic rings. The van der Waals surface area contributed by atoms with Gasteiger partial charge in [0.05, 0.1) is 17.6 Å². The fourth-order valence-corrected chi connectivity index (χ4v) is 5.93. The SMILES string of the molecule is COc1ccc(S(=O)(=O)N2CCN(C/C=C/c3ccccc3)CC2)cc1C(=O)N1CCCCC1. The molecule has 0 N–H and O–H groups in total. The lowest BCUT2D eigenvalue weighted by atomic mass is 10.1. The summed E-state index contributed by atoms with van der Waals surface area (Å²) in [4.78, 5) is 17.3. The zero-order chi connectivity index (χ0) is 24.0. The molecule has 1 amide bonds. The Morgan fingerprint density at radius 2 is 1.65 bits per heavy atom. The third kappa shape index (κ3) is 5.68. The van der Waals surface area contributed by atoms with Crippen molar-refractivity contribution in [3.8, 4) is 5.75 Å². The molecule has 0 radical (unpaired) electrons. The van der Waals surface area contributed by atoms with E-state index in [1.165, 1.54) is 23.5 Å². The van der Waals surface area contributed by atoms with Crippen LogP contribution in [-0.4, -0.2) is 81.4 Å². The number of benzene rings is 2. The van der Waals surface area contributed by atoms with Crippen molar-refractivity contribution < 1.29 is 17.9 Å². The highest BCUT2D eigenvalue weighted by molar-refractivity contribution is 7.89. The van der Waals surface area contributed by atoms with Gasteiger partial charge >= 0.3 is 0 Å². The van der Waals surface area contributed by atoms with Crippen molar-refractivity contribution in [2.45, 2.75) is 24.2 Å². The second-order valence-corrected chi connectivity index (χ2v) is 10.7. The van der Waals surface area contributed by atoms with E-state index in [0.717, 1.165) is 31.4 Å². The molecule has 0 aromatic heterocycles. The van der Waals surface area contributed by atoms with Crippen LogP contribution in [0, 0.1) is 0 Å². The number of ether oxygens (including phenoxy) is 1. The van der Waals surface area contributed by atoms with Crippen LogP contribution in [0.3, 0.4) is 0 Å². The van der Waals surface area contributed by atoms with Gasteiger partial charge in [0.25, 0.3) is 5.91 Å². The number of carbonyl (C=O) groups is 1. The molecular weight excluding hydrogens is 450 g/mol. The number of hydrogen-bond acceptors (Lipinski definition) is 5. The van der Waals surface area contributed by atoms with Crippen molar-refractivity contribution in [2.24, 2.45) is 0 Å². The highest BCUT2D eigenvalue weighted by atomic mass is 32.2. The van der Waals surface area contributed by atoms with Crippen molar-refractivity contribution in [2.75, 3.05) is 52.9 Å². The molecular formula is C26H33N3O4S. The van der Waals surface area contributed by atoms with Gasteiger partial charge in [-0.2, -0.15) is 4.31 Å². The quantitative estimate of drug-likeness (QED) is 0.604. The van der Waals surface area contributed by atoms with Crippen molar-refractivity contribution in [3.05, 3.63) is 65.7 Å². The Hall–Kier alpha value is -2.68. The summed E-state index contributed by atoms with van der Waals surface area (Å²) < 4.78 is 33.6. The number of piperazine rings is 1. The molecule has 2 aliphatic rings. The molecule has 0 saturated carbocycles. The molecule has 34 heavy (non-hydrogen) atoms. The van der Waals surface area contributed by atoms with Gasteiger partial charge in [0, 0.05) is 45.8 Å². The highest BCUT2D eigenvalue weighted by Gasteiger charge is 2.30. The van der Waals surface area contributed by atoms with Crippen LogP contribution >= 0.6 is 0 Å². The molecule has 0 bridgehead atoms. The van der Waals surface area contributed by atoms with E-state index < -0.39 is 10.0 Å². The number of hydrogen-bond donors (Lipinski definition) is 0. The summed E-state index contributed by atoms with van der Waals surface area (Å²) in [5.74, 6) is 0.244. The average Bonchev–Trinajstić information content (AvgIpc) is 2.89. The number of likely N-dealkylation sites (tertiary alicyclic amines) is 1. The van der Waals surface area contributed by atoms with Crippen LogP contribution in [0.1, 0.15) is 35.2 Å². The molecule has 2 fully saturated rings. The summed E-state index contributed by atoms with van der Waals surface area (Å²) >= 11 is 0. The monoisotopic (exact) mass is 483 g/mol. The van der Waals surface area contributed by atoms with E-state index in [-0.39, 0.29) is 10.8 Å². The van der Waals surface area contributed by atoms with Gasteiger partial charge in [-0.1, -0.05) is 42.5 Å². The topological polar surface area (TPSA) is 70.2 Å². The fourth-order valence-electron chi connectivity index (χ4n) is 4.49. The fraction of sp³-hybridized carbons (Fsp3) is 0.423. The first-order valence-electron chi connectivity index (χ1n) is 11.9. The Morgan fingerprint density at radius 1 is 0.941 bits per heavy atom. The maximum absolute atomic E-state index is 13.4. The zero-order valence-electron chi connectivity index (χ0n) is 19.7. The lowest BCUT2D eigenvalue weighted by molar-refractivity contribution is 0.0720. The van der Waals surface area contributed by atoms with Gasteiger partial charge in [-0.15, -0.1) is 0 Å².